The SMILES string of the molecule is CN1CCN(c2cccc(C(=O)O)c2[N+](=O)[O-])CC1(C)C. The van der Waals surface area contributed by atoms with Gasteiger partial charge in [-0.3, -0.25) is 15.0 Å². The number of piperazine rings is 1. The minimum Gasteiger partial charge on any atom is -0.477 e. The first-order valence-corrected chi connectivity index (χ1v) is 6.71. The number of nitro groups is 1. The zero-order valence-electron chi connectivity index (χ0n) is 12.4. The summed E-state index contributed by atoms with van der Waals surface area (Å²) in [6.07, 6.45) is 0. The molecule has 0 aliphatic carbocycles. The maximum Gasteiger partial charge on any atom is 0.342 e. The number of para-hydroxylation sites is 1. The molecule has 0 bridgehead atoms. The number of carboxylic acids is 1. The number of hydrogen-bond donors (Lipinski definition) is 1. The Kier molecular flexibility index (Phi) is 3.87. The summed E-state index contributed by atoms with van der Waals surface area (Å²) < 4.78 is 0. The minimum absolute atomic E-state index is 0.134. The van der Waals surface area contributed by atoms with E-state index in [1.165, 1.54) is 6.07 Å². The topological polar surface area (TPSA) is 86.9 Å². The van der Waals surface area contributed by atoms with Crippen molar-refractivity contribution in [2.45, 2.75) is 19.4 Å². The molecule has 7 heteroatoms. The molecule has 1 N–H and O–H groups in total. The zero-order valence-corrected chi connectivity index (χ0v) is 12.4. The molecule has 7 nitrogen and oxygen atoms in total. The van der Waals surface area contributed by atoms with Gasteiger partial charge in [-0.1, -0.05) is 6.07 Å². The molecule has 21 heavy (non-hydrogen) atoms. The lowest BCUT2D eigenvalue weighted by Gasteiger charge is -2.46. The number of benzene rings is 1. The predicted octanol–water partition coefficient (Wildman–Crippen LogP) is 1.82. The van der Waals surface area contributed by atoms with E-state index in [4.69, 9.17) is 5.11 Å². The summed E-state index contributed by atoms with van der Waals surface area (Å²) >= 11 is 0. The Morgan fingerprint density at radius 3 is 2.57 bits per heavy atom. The van der Waals surface area contributed by atoms with Gasteiger partial charge in [0.05, 0.1) is 4.92 Å². The number of rotatable bonds is 3. The van der Waals surface area contributed by atoms with Crippen molar-refractivity contribution < 1.29 is 14.8 Å². The van der Waals surface area contributed by atoms with Crippen molar-refractivity contribution in [2.75, 3.05) is 31.6 Å². The van der Waals surface area contributed by atoms with E-state index in [0.29, 0.717) is 18.8 Å². The fourth-order valence-corrected chi connectivity index (χ4v) is 2.60. The lowest BCUT2D eigenvalue weighted by atomic mass is 9.98. The van der Waals surface area contributed by atoms with Crippen LogP contribution >= 0.6 is 0 Å². The molecular weight excluding hydrogens is 274 g/mol. The van der Waals surface area contributed by atoms with E-state index in [1.807, 2.05) is 11.9 Å². The van der Waals surface area contributed by atoms with Crippen LogP contribution in [0, 0.1) is 10.1 Å². The molecule has 0 spiro atoms. The summed E-state index contributed by atoms with van der Waals surface area (Å²) in [4.78, 5) is 26.0. The van der Waals surface area contributed by atoms with Gasteiger partial charge >= 0.3 is 11.7 Å². The summed E-state index contributed by atoms with van der Waals surface area (Å²) in [7, 11) is 2.01. The first-order chi connectivity index (χ1) is 9.74. The Morgan fingerprint density at radius 2 is 2.05 bits per heavy atom. The van der Waals surface area contributed by atoms with Crippen molar-refractivity contribution in [1.29, 1.82) is 0 Å². The van der Waals surface area contributed by atoms with Gasteiger partial charge < -0.3 is 10.0 Å². The van der Waals surface area contributed by atoms with Gasteiger partial charge in [-0.25, -0.2) is 4.79 Å². The van der Waals surface area contributed by atoms with Crippen LogP contribution in [0.5, 0.6) is 0 Å². The van der Waals surface area contributed by atoms with Crippen LogP contribution in [0.25, 0.3) is 0 Å². The molecule has 0 atom stereocenters. The summed E-state index contributed by atoms with van der Waals surface area (Å²) in [5.74, 6) is -1.28. The van der Waals surface area contributed by atoms with Crippen molar-refractivity contribution in [1.82, 2.24) is 4.90 Å². The summed E-state index contributed by atoms with van der Waals surface area (Å²) in [5, 5.41) is 20.5. The molecule has 1 aromatic rings. The Labute approximate surface area is 122 Å². The fraction of sp³-hybridized carbons (Fsp3) is 0.500. The van der Waals surface area contributed by atoms with Crippen molar-refractivity contribution in [3.8, 4) is 0 Å². The molecule has 1 aliphatic heterocycles. The van der Waals surface area contributed by atoms with Crippen LogP contribution < -0.4 is 4.90 Å². The Balaban J connectivity index is 2.47. The number of aromatic carboxylic acids is 1. The molecule has 1 fully saturated rings. The Hall–Kier alpha value is -2.15. The van der Waals surface area contributed by atoms with E-state index in [0.717, 1.165) is 6.54 Å². The summed E-state index contributed by atoms with van der Waals surface area (Å²) in [6, 6.07) is 4.44. The maximum absolute atomic E-state index is 11.3. The van der Waals surface area contributed by atoms with Gasteiger partial charge in [0.1, 0.15) is 11.3 Å². The molecule has 0 unspecified atom stereocenters. The number of likely N-dealkylation sites (N-methyl/N-ethyl adjacent to an activating group) is 1. The maximum atomic E-state index is 11.3. The third-order valence-electron chi connectivity index (χ3n) is 4.08. The molecule has 114 valence electrons. The molecule has 0 amide bonds. The highest BCUT2D eigenvalue weighted by Crippen LogP contribution is 2.34. The molecule has 0 saturated carbocycles. The molecule has 0 aromatic heterocycles. The number of nitrogens with zero attached hydrogens (tertiary/aromatic N) is 3. The van der Waals surface area contributed by atoms with Gasteiger partial charge in [-0.15, -0.1) is 0 Å². The van der Waals surface area contributed by atoms with Gasteiger partial charge in [0.2, 0.25) is 0 Å². The summed E-state index contributed by atoms with van der Waals surface area (Å²) in [5.41, 5.74) is -0.355. The van der Waals surface area contributed by atoms with Crippen molar-refractivity contribution in [3.63, 3.8) is 0 Å². The second kappa shape index (κ2) is 5.33. The molecule has 1 aromatic carbocycles. The molecule has 2 rings (SSSR count). The lowest BCUT2D eigenvalue weighted by molar-refractivity contribution is -0.384. The van der Waals surface area contributed by atoms with Crippen molar-refractivity contribution in [3.05, 3.63) is 33.9 Å². The van der Waals surface area contributed by atoms with Crippen LogP contribution in [0.1, 0.15) is 24.2 Å². The van der Waals surface area contributed by atoms with Crippen molar-refractivity contribution in [2.24, 2.45) is 0 Å². The largest absolute Gasteiger partial charge is 0.477 e. The standard InChI is InChI=1S/C14H19N3O4/c1-14(2)9-16(8-7-15(14)3)11-6-4-5-10(13(18)19)12(11)17(20)21/h4-6H,7-9H2,1-3H3,(H,18,19). The molecule has 1 heterocycles. The smallest absolute Gasteiger partial charge is 0.342 e. The van der Waals surface area contributed by atoms with E-state index in [2.05, 4.69) is 18.7 Å². The van der Waals surface area contributed by atoms with Crippen LogP contribution in [0.15, 0.2) is 18.2 Å². The van der Waals surface area contributed by atoms with Gasteiger partial charge in [0, 0.05) is 25.2 Å². The first-order valence-electron chi connectivity index (χ1n) is 6.71. The first kappa shape index (κ1) is 15.2. The van der Waals surface area contributed by atoms with Crippen LogP contribution in [0.2, 0.25) is 0 Å². The minimum atomic E-state index is -1.28. The monoisotopic (exact) mass is 293 g/mol. The van der Waals surface area contributed by atoms with E-state index >= 15 is 0 Å². The number of anilines is 1. The second-order valence-electron chi connectivity index (χ2n) is 5.89. The van der Waals surface area contributed by atoms with Crippen LogP contribution in [0.4, 0.5) is 11.4 Å². The van der Waals surface area contributed by atoms with Gasteiger partial charge in [0.15, 0.2) is 0 Å². The lowest BCUT2D eigenvalue weighted by Crippen LogP contribution is -2.57. The predicted molar refractivity (Wildman–Crippen MR) is 79.0 cm³/mol. The average molecular weight is 293 g/mol. The van der Waals surface area contributed by atoms with Gasteiger partial charge in [-0.05, 0) is 33.0 Å². The molecule has 1 aliphatic rings. The van der Waals surface area contributed by atoms with E-state index in [9.17, 15) is 14.9 Å². The number of hydrogen-bond acceptors (Lipinski definition) is 5. The van der Waals surface area contributed by atoms with Crippen LogP contribution in [-0.2, 0) is 0 Å². The third-order valence-corrected chi connectivity index (χ3v) is 4.08. The number of nitro benzene ring substituents is 1. The number of carbonyl (C=O) groups is 1. The van der Waals surface area contributed by atoms with Gasteiger partial charge in [0.25, 0.3) is 0 Å². The van der Waals surface area contributed by atoms with E-state index in [1.54, 1.807) is 12.1 Å². The Bertz CT molecular complexity index is 586. The molecular formula is C14H19N3O4. The summed E-state index contributed by atoms with van der Waals surface area (Å²) in [6.45, 7) is 6.12. The molecule has 1 saturated heterocycles. The van der Waals surface area contributed by atoms with Gasteiger partial charge in [-0.2, -0.15) is 0 Å². The highest BCUT2D eigenvalue weighted by atomic mass is 16.6. The van der Waals surface area contributed by atoms with Crippen molar-refractivity contribution >= 4 is 17.3 Å². The number of carboxylic acid groups (broad SMARTS) is 1. The zero-order chi connectivity index (χ0) is 15.8. The highest BCUT2D eigenvalue weighted by Gasteiger charge is 2.35. The highest BCUT2D eigenvalue weighted by molar-refractivity contribution is 5.95. The van der Waals surface area contributed by atoms with E-state index in [-0.39, 0.29) is 16.8 Å². The Morgan fingerprint density at radius 1 is 1.38 bits per heavy atom. The fourth-order valence-electron chi connectivity index (χ4n) is 2.60. The second-order valence-corrected chi connectivity index (χ2v) is 5.89. The third kappa shape index (κ3) is 2.82. The normalized spacial score (nSPS) is 18.5. The van der Waals surface area contributed by atoms with E-state index < -0.39 is 10.9 Å². The van der Waals surface area contributed by atoms with Crippen LogP contribution in [0.3, 0.4) is 0 Å². The molecule has 0 radical (unpaired) electrons. The average Bonchev–Trinajstić information content (AvgIpc) is 2.40. The quantitative estimate of drug-likeness (QED) is 0.675. The van der Waals surface area contributed by atoms with Crippen LogP contribution in [-0.4, -0.2) is 53.1 Å².